The van der Waals surface area contributed by atoms with Crippen LogP contribution in [0.25, 0.3) is 10.2 Å². The molecule has 31 heavy (non-hydrogen) atoms. The monoisotopic (exact) mass is 451 g/mol. The Bertz CT molecular complexity index is 1230. The fraction of sp³-hybridized carbons (Fsp3) is 0.217. The molecule has 6 nitrogen and oxygen atoms in total. The molecule has 0 radical (unpaired) electrons. The molecule has 1 amide bonds. The molecule has 0 saturated heterocycles. The Morgan fingerprint density at radius 2 is 1.97 bits per heavy atom. The summed E-state index contributed by atoms with van der Waals surface area (Å²) < 4.78 is 3.07. The van der Waals surface area contributed by atoms with Crippen molar-refractivity contribution >= 4 is 45.0 Å². The van der Waals surface area contributed by atoms with Gasteiger partial charge in [0.15, 0.2) is 5.13 Å². The third-order valence-corrected chi connectivity index (χ3v) is 6.21. The van der Waals surface area contributed by atoms with Crippen molar-refractivity contribution in [3.05, 3.63) is 77.4 Å². The van der Waals surface area contributed by atoms with Crippen LogP contribution < -0.4 is 4.90 Å². The highest BCUT2D eigenvalue weighted by Crippen LogP contribution is 2.32. The van der Waals surface area contributed by atoms with Crippen LogP contribution in [0.3, 0.4) is 0 Å². The Kier molecular flexibility index (Phi) is 7.06. The molecular weight excluding hydrogens is 430 g/mol. The SMILES string of the molecule is Cc1ccc2sc(N(CCCn3ccnc3)C(=O)c3ccc(C#N)cc3)nc2c1C.Cl. The van der Waals surface area contributed by atoms with Gasteiger partial charge in [0.25, 0.3) is 5.91 Å². The zero-order valence-corrected chi connectivity index (χ0v) is 18.9. The van der Waals surface area contributed by atoms with E-state index in [4.69, 9.17) is 10.2 Å². The maximum absolute atomic E-state index is 13.4. The number of hydrogen-bond acceptors (Lipinski definition) is 5. The highest BCUT2D eigenvalue weighted by Gasteiger charge is 2.22. The minimum absolute atomic E-state index is 0. The van der Waals surface area contributed by atoms with Gasteiger partial charge in [0.1, 0.15) is 0 Å². The first-order chi connectivity index (χ1) is 14.6. The van der Waals surface area contributed by atoms with E-state index in [9.17, 15) is 4.79 Å². The normalized spacial score (nSPS) is 10.5. The first-order valence-electron chi connectivity index (χ1n) is 9.71. The largest absolute Gasteiger partial charge is 0.337 e. The Labute approximate surface area is 191 Å². The van der Waals surface area contributed by atoms with Gasteiger partial charge in [0, 0.05) is 31.0 Å². The predicted octanol–water partition coefficient (Wildman–Crippen LogP) is 5.14. The third kappa shape index (κ3) is 4.76. The van der Waals surface area contributed by atoms with E-state index < -0.39 is 0 Å². The van der Waals surface area contributed by atoms with E-state index >= 15 is 0 Å². The molecule has 4 rings (SSSR count). The molecule has 0 fully saturated rings. The van der Waals surface area contributed by atoms with E-state index in [2.05, 4.69) is 37.0 Å². The lowest BCUT2D eigenvalue weighted by molar-refractivity contribution is 0.0986. The van der Waals surface area contributed by atoms with E-state index in [1.807, 2.05) is 10.8 Å². The van der Waals surface area contributed by atoms with Gasteiger partial charge in [-0.1, -0.05) is 17.4 Å². The van der Waals surface area contributed by atoms with Crippen LogP contribution in [0.2, 0.25) is 0 Å². The highest BCUT2D eigenvalue weighted by molar-refractivity contribution is 7.22. The van der Waals surface area contributed by atoms with Crippen molar-refractivity contribution in [3.63, 3.8) is 0 Å². The number of halogens is 1. The maximum atomic E-state index is 13.4. The van der Waals surface area contributed by atoms with Gasteiger partial charge in [-0.15, -0.1) is 12.4 Å². The van der Waals surface area contributed by atoms with Crippen molar-refractivity contribution in [2.24, 2.45) is 0 Å². The van der Waals surface area contributed by atoms with Crippen molar-refractivity contribution < 1.29 is 4.79 Å². The summed E-state index contributed by atoms with van der Waals surface area (Å²) in [7, 11) is 0. The van der Waals surface area contributed by atoms with Gasteiger partial charge in [0.05, 0.1) is 28.2 Å². The first-order valence-corrected chi connectivity index (χ1v) is 10.5. The van der Waals surface area contributed by atoms with Crippen molar-refractivity contribution in [2.45, 2.75) is 26.8 Å². The molecule has 158 valence electrons. The number of rotatable bonds is 6. The molecule has 0 spiro atoms. The van der Waals surface area contributed by atoms with Gasteiger partial charge in [0.2, 0.25) is 0 Å². The Hall–Kier alpha value is -3.21. The number of nitrogens with zero attached hydrogens (tertiary/aromatic N) is 5. The number of benzene rings is 2. The van der Waals surface area contributed by atoms with E-state index in [1.165, 1.54) is 16.9 Å². The summed E-state index contributed by atoms with van der Waals surface area (Å²) in [5.74, 6) is -0.112. The molecule has 0 atom stereocenters. The van der Waals surface area contributed by atoms with Crippen LogP contribution in [0.4, 0.5) is 5.13 Å². The lowest BCUT2D eigenvalue weighted by atomic mass is 10.1. The van der Waals surface area contributed by atoms with E-state index in [0.29, 0.717) is 22.8 Å². The van der Waals surface area contributed by atoms with Crippen LogP contribution in [0.5, 0.6) is 0 Å². The number of anilines is 1. The number of aryl methyl sites for hydroxylation is 3. The number of aromatic nitrogens is 3. The quantitative estimate of drug-likeness (QED) is 0.406. The summed E-state index contributed by atoms with van der Waals surface area (Å²) in [4.78, 5) is 24.0. The molecule has 0 N–H and O–H groups in total. The van der Waals surface area contributed by atoms with Gasteiger partial charge < -0.3 is 4.57 Å². The van der Waals surface area contributed by atoms with Gasteiger partial charge >= 0.3 is 0 Å². The minimum atomic E-state index is -0.112. The molecule has 0 aliphatic rings. The Morgan fingerprint density at radius 1 is 1.19 bits per heavy atom. The second-order valence-electron chi connectivity index (χ2n) is 7.15. The summed E-state index contributed by atoms with van der Waals surface area (Å²) >= 11 is 1.53. The second kappa shape index (κ2) is 9.73. The molecule has 4 aromatic rings. The Morgan fingerprint density at radius 3 is 2.65 bits per heavy atom. The summed E-state index contributed by atoms with van der Waals surface area (Å²) in [6.45, 7) is 5.43. The van der Waals surface area contributed by atoms with Crippen molar-refractivity contribution in [2.75, 3.05) is 11.4 Å². The van der Waals surface area contributed by atoms with Crippen LogP contribution in [-0.2, 0) is 6.54 Å². The lowest BCUT2D eigenvalue weighted by Gasteiger charge is -2.20. The minimum Gasteiger partial charge on any atom is -0.337 e. The topological polar surface area (TPSA) is 74.8 Å². The number of thiazole rings is 1. The number of nitriles is 1. The summed E-state index contributed by atoms with van der Waals surface area (Å²) in [6.07, 6.45) is 6.21. The molecule has 2 aromatic heterocycles. The van der Waals surface area contributed by atoms with Crippen molar-refractivity contribution in [1.82, 2.24) is 14.5 Å². The van der Waals surface area contributed by atoms with Crippen LogP contribution in [0, 0.1) is 25.2 Å². The molecule has 0 aliphatic heterocycles. The van der Waals surface area contributed by atoms with Gasteiger partial charge in [-0.2, -0.15) is 5.26 Å². The summed E-state index contributed by atoms with van der Waals surface area (Å²) in [5.41, 5.74) is 4.35. The molecule has 0 saturated carbocycles. The molecule has 0 aliphatic carbocycles. The van der Waals surface area contributed by atoms with E-state index in [-0.39, 0.29) is 18.3 Å². The number of fused-ring (bicyclic) bond motifs is 1. The zero-order chi connectivity index (χ0) is 21.1. The van der Waals surface area contributed by atoms with E-state index in [1.54, 1.807) is 41.7 Å². The average molecular weight is 452 g/mol. The number of hydrogen-bond donors (Lipinski definition) is 0. The molecular formula is C23H22ClN5OS. The fourth-order valence-corrected chi connectivity index (χ4v) is 4.34. The summed E-state index contributed by atoms with van der Waals surface area (Å²) in [5, 5.41) is 9.72. The highest BCUT2D eigenvalue weighted by atomic mass is 35.5. The standard InChI is InChI=1S/C23H21N5OS.ClH/c1-16-4-9-20-21(17(16)2)26-23(30-20)28(12-3-11-27-13-10-25-15-27)22(29)19-7-5-18(14-24)6-8-19;/h4-10,13,15H,3,11-12H2,1-2H3;1H. The van der Waals surface area contributed by atoms with E-state index in [0.717, 1.165) is 28.7 Å². The third-order valence-electron chi connectivity index (χ3n) is 5.17. The van der Waals surface area contributed by atoms with Crippen molar-refractivity contribution in [3.8, 4) is 6.07 Å². The van der Waals surface area contributed by atoms with Crippen LogP contribution in [0.1, 0.15) is 33.5 Å². The van der Waals surface area contributed by atoms with Gasteiger partial charge in [-0.3, -0.25) is 9.69 Å². The molecule has 0 bridgehead atoms. The summed E-state index contributed by atoms with van der Waals surface area (Å²) in [6, 6.07) is 13.0. The molecule has 2 aromatic carbocycles. The average Bonchev–Trinajstić information content (AvgIpc) is 3.44. The molecule has 0 unspecified atom stereocenters. The number of carbonyl (C=O) groups excluding carboxylic acids is 1. The van der Waals surface area contributed by atoms with Crippen LogP contribution >= 0.6 is 23.7 Å². The van der Waals surface area contributed by atoms with Crippen LogP contribution in [-0.4, -0.2) is 27.0 Å². The zero-order valence-electron chi connectivity index (χ0n) is 17.3. The number of imidazole rings is 1. The molecule has 8 heteroatoms. The fourth-order valence-electron chi connectivity index (χ4n) is 3.29. The lowest BCUT2D eigenvalue weighted by Crippen LogP contribution is -2.32. The second-order valence-corrected chi connectivity index (χ2v) is 8.16. The van der Waals surface area contributed by atoms with Crippen molar-refractivity contribution in [1.29, 1.82) is 5.26 Å². The van der Waals surface area contributed by atoms with Crippen LogP contribution in [0.15, 0.2) is 55.1 Å². The first kappa shape index (κ1) is 22.5. The number of amides is 1. The predicted molar refractivity (Wildman–Crippen MR) is 126 cm³/mol. The Balaban J connectivity index is 0.00000272. The smallest absolute Gasteiger partial charge is 0.260 e. The number of carbonyl (C=O) groups is 1. The van der Waals surface area contributed by atoms with Gasteiger partial charge in [-0.25, -0.2) is 9.97 Å². The van der Waals surface area contributed by atoms with Gasteiger partial charge in [-0.05, 0) is 61.7 Å². The maximum Gasteiger partial charge on any atom is 0.260 e. The molecule has 2 heterocycles.